The predicted octanol–water partition coefficient (Wildman–Crippen LogP) is 2.10. The first-order chi connectivity index (χ1) is 8.93. The standard InChI is InChI=1S/C15H22FNO2/c1-11-3-4-12(9-13(11)16)14(2,18)15(10-17)5-7-19-8-6-15/h3-4,9,18H,5-8,10,17H2,1-2H3. The predicted molar refractivity (Wildman–Crippen MR) is 72.2 cm³/mol. The van der Waals surface area contributed by atoms with Gasteiger partial charge in [-0.1, -0.05) is 12.1 Å². The van der Waals surface area contributed by atoms with E-state index in [9.17, 15) is 9.50 Å². The van der Waals surface area contributed by atoms with Crippen LogP contribution in [0.25, 0.3) is 0 Å². The molecule has 2 rings (SSSR count). The molecule has 3 nitrogen and oxygen atoms in total. The maximum atomic E-state index is 13.7. The molecule has 106 valence electrons. The summed E-state index contributed by atoms with van der Waals surface area (Å²) in [5.41, 5.74) is 5.48. The van der Waals surface area contributed by atoms with Crippen LogP contribution in [-0.4, -0.2) is 24.9 Å². The molecule has 4 heteroatoms. The number of aliphatic hydroxyl groups is 1. The number of ether oxygens (including phenoxy) is 1. The van der Waals surface area contributed by atoms with Crippen molar-refractivity contribution in [2.75, 3.05) is 19.8 Å². The summed E-state index contributed by atoms with van der Waals surface area (Å²) in [4.78, 5) is 0. The lowest BCUT2D eigenvalue weighted by Crippen LogP contribution is -2.51. The Balaban J connectivity index is 2.41. The van der Waals surface area contributed by atoms with Gasteiger partial charge in [-0.05, 0) is 43.9 Å². The monoisotopic (exact) mass is 267 g/mol. The summed E-state index contributed by atoms with van der Waals surface area (Å²) in [6, 6.07) is 4.90. The molecule has 1 saturated heterocycles. The van der Waals surface area contributed by atoms with E-state index < -0.39 is 11.0 Å². The molecule has 1 aromatic carbocycles. The van der Waals surface area contributed by atoms with E-state index in [-0.39, 0.29) is 5.82 Å². The van der Waals surface area contributed by atoms with Crippen molar-refractivity contribution in [1.29, 1.82) is 0 Å². The third kappa shape index (κ3) is 2.40. The van der Waals surface area contributed by atoms with Crippen LogP contribution in [0.2, 0.25) is 0 Å². The smallest absolute Gasteiger partial charge is 0.126 e. The summed E-state index contributed by atoms with van der Waals surface area (Å²) in [6.07, 6.45) is 1.37. The second kappa shape index (κ2) is 5.19. The van der Waals surface area contributed by atoms with E-state index in [1.165, 1.54) is 6.07 Å². The second-order valence-electron chi connectivity index (χ2n) is 5.63. The summed E-state index contributed by atoms with van der Waals surface area (Å²) >= 11 is 0. The summed E-state index contributed by atoms with van der Waals surface area (Å²) in [5.74, 6) is -0.294. The zero-order valence-corrected chi connectivity index (χ0v) is 11.6. The summed E-state index contributed by atoms with van der Waals surface area (Å²) in [5, 5.41) is 11.0. The molecule has 1 aliphatic heterocycles. The average molecular weight is 267 g/mol. The van der Waals surface area contributed by atoms with E-state index in [2.05, 4.69) is 0 Å². The van der Waals surface area contributed by atoms with Gasteiger partial charge in [-0.3, -0.25) is 0 Å². The normalized spacial score (nSPS) is 21.9. The van der Waals surface area contributed by atoms with Crippen LogP contribution in [-0.2, 0) is 10.3 Å². The zero-order chi connectivity index (χ0) is 14.1. The largest absolute Gasteiger partial charge is 0.385 e. The van der Waals surface area contributed by atoms with Gasteiger partial charge in [0, 0.05) is 25.2 Å². The molecule has 1 unspecified atom stereocenters. The van der Waals surface area contributed by atoms with Gasteiger partial charge >= 0.3 is 0 Å². The highest BCUT2D eigenvalue weighted by Gasteiger charge is 2.48. The van der Waals surface area contributed by atoms with E-state index in [4.69, 9.17) is 10.5 Å². The van der Waals surface area contributed by atoms with Crippen molar-refractivity contribution in [3.8, 4) is 0 Å². The summed E-state index contributed by atoms with van der Waals surface area (Å²) in [7, 11) is 0. The van der Waals surface area contributed by atoms with Gasteiger partial charge in [0.2, 0.25) is 0 Å². The van der Waals surface area contributed by atoms with Crippen LogP contribution < -0.4 is 5.73 Å². The molecule has 1 aromatic rings. The summed E-state index contributed by atoms with van der Waals surface area (Å²) in [6.45, 7) is 4.97. The molecular formula is C15H22FNO2. The van der Waals surface area contributed by atoms with Crippen molar-refractivity contribution in [2.24, 2.45) is 11.1 Å². The maximum Gasteiger partial charge on any atom is 0.126 e. The van der Waals surface area contributed by atoms with Crippen LogP contribution in [0.5, 0.6) is 0 Å². The Morgan fingerprint density at radius 3 is 2.58 bits per heavy atom. The van der Waals surface area contributed by atoms with Crippen LogP contribution in [0.4, 0.5) is 4.39 Å². The number of nitrogens with two attached hydrogens (primary N) is 1. The van der Waals surface area contributed by atoms with Gasteiger partial charge in [-0.15, -0.1) is 0 Å². The highest BCUT2D eigenvalue weighted by molar-refractivity contribution is 5.30. The third-order valence-electron chi connectivity index (χ3n) is 4.61. The first-order valence-corrected chi connectivity index (χ1v) is 6.70. The van der Waals surface area contributed by atoms with Gasteiger partial charge in [0.15, 0.2) is 0 Å². The van der Waals surface area contributed by atoms with E-state index in [0.29, 0.717) is 43.7 Å². The van der Waals surface area contributed by atoms with Crippen LogP contribution in [0, 0.1) is 18.2 Å². The van der Waals surface area contributed by atoms with Crippen LogP contribution in [0.3, 0.4) is 0 Å². The molecule has 1 atom stereocenters. The molecule has 0 bridgehead atoms. The van der Waals surface area contributed by atoms with Gasteiger partial charge in [-0.25, -0.2) is 4.39 Å². The van der Waals surface area contributed by atoms with Crippen LogP contribution >= 0.6 is 0 Å². The molecule has 0 radical (unpaired) electrons. The van der Waals surface area contributed by atoms with Gasteiger partial charge in [0.25, 0.3) is 0 Å². The molecule has 0 aromatic heterocycles. The molecule has 1 fully saturated rings. The number of aryl methyl sites for hydroxylation is 1. The van der Waals surface area contributed by atoms with E-state index >= 15 is 0 Å². The molecule has 1 aliphatic rings. The maximum absolute atomic E-state index is 13.7. The quantitative estimate of drug-likeness (QED) is 0.881. The molecule has 0 spiro atoms. The molecule has 1 heterocycles. The summed E-state index contributed by atoms with van der Waals surface area (Å²) < 4.78 is 19.1. The minimum Gasteiger partial charge on any atom is -0.385 e. The lowest BCUT2D eigenvalue weighted by Gasteiger charge is -2.47. The number of hydrogen-bond donors (Lipinski definition) is 2. The first kappa shape index (κ1) is 14.4. The fourth-order valence-electron chi connectivity index (χ4n) is 2.85. The molecule has 19 heavy (non-hydrogen) atoms. The molecular weight excluding hydrogens is 245 g/mol. The van der Waals surface area contributed by atoms with Crippen LogP contribution in [0.15, 0.2) is 18.2 Å². The van der Waals surface area contributed by atoms with Crippen molar-refractivity contribution >= 4 is 0 Å². The minimum absolute atomic E-state index is 0.294. The van der Waals surface area contributed by atoms with Crippen molar-refractivity contribution in [3.05, 3.63) is 35.1 Å². The number of rotatable bonds is 3. The second-order valence-corrected chi connectivity index (χ2v) is 5.63. The molecule has 0 aliphatic carbocycles. The fraction of sp³-hybridized carbons (Fsp3) is 0.600. The first-order valence-electron chi connectivity index (χ1n) is 6.70. The van der Waals surface area contributed by atoms with Gasteiger partial charge in [0.05, 0.1) is 5.60 Å². The van der Waals surface area contributed by atoms with E-state index in [1.807, 2.05) is 0 Å². The zero-order valence-electron chi connectivity index (χ0n) is 11.6. The molecule has 0 amide bonds. The Bertz CT molecular complexity index is 453. The lowest BCUT2D eigenvalue weighted by atomic mass is 9.64. The van der Waals surface area contributed by atoms with Crippen molar-refractivity contribution in [3.63, 3.8) is 0 Å². The van der Waals surface area contributed by atoms with Crippen molar-refractivity contribution in [1.82, 2.24) is 0 Å². The Hall–Kier alpha value is -0.970. The number of halogens is 1. The highest BCUT2D eigenvalue weighted by Crippen LogP contribution is 2.46. The lowest BCUT2D eigenvalue weighted by molar-refractivity contribution is -0.124. The number of benzene rings is 1. The average Bonchev–Trinajstić information content (AvgIpc) is 2.42. The molecule has 0 saturated carbocycles. The van der Waals surface area contributed by atoms with Crippen molar-refractivity contribution in [2.45, 2.75) is 32.3 Å². The third-order valence-corrected chi connectivity index (χ3v) is 4.61. The highest BCUT2D eigenvalue weighted by atomic mass is 19.1. The van der Waals surface area contributed by atoms with E-state index in [1.54, 1.807) is 26.0 Å². The van der Waals surface area contributed by atoms with Gasteiger partial charge < -0.3 is 15.6 Å². The van der Waals surface area contributed by atoms with Crippen molar-refractivity contribution < 1.29 is 14.2 Å². The Labute approximate surface area is 113 Å². The van der Waals surface area contributed by atoms with E-state index in [0.717, 1.165) is 0 Å². The minimum atomic E-state index is -1.15. The Kier molecular flexibility index (Phi) is 3.95. The topological polar surface area (TPSA) is 55.5 Å². The van der Waals surface area contributed by atoms with Gasteiger partial charge in [-0.2, -0.15) is 0 Å². The van der Waals surface area contributed by atoms with Crippen LogP contribution in [0.1, 0.15) is 30.9 Å². The Morgan fingerprint density at radius 2 is 2.05 bits per heavy atom. The van der Waals surface area contributed by atoms with Gasteiger partial charge in [0.1, 0.15) is 5.82 Å². The number of hydrogen-bond acceptors (Lipinski definition) is 3. The SMILES string of the molecule is Cc1ccc(C(C)(O)C2(CN)CCOCC2)cc1F. The molecule has 3 N–H and O–H groups in total. The fourth-order valence-corrected chi connectivity index (χ4v) is 2.85. The Morgan fingerprint density at radius 1 is 1.42 bits per heavy atom.